The molecule has 6 nitrogen and oxygen atoms in total. The molecule has 0 aliphatic heterocycles. The van der Waals surface area contributed by atoms with Gasteiger partial charge >= 0.3 is 0 Å². The number of nitrogens with zero attached hydrogens (tertiary/aromatic N) is 2. The summed E-state index contributed by atoms with van der Waals surface area (Å²) >= 11 is 0. The van der Waals surface area contributed by atoms with Gasteiger partial charge in [0.15, 0.2) is 5.84 Å². The third kappa shape index (κ3) is 3.87. The number of nitrogens with one attached hydrogen (secondary N) is 1. The van der Waals surface area contributed by atoms with Gasteiger partial charge in [-0.05, 0) is 52.0 Å². The van der Waals surface area contributed by atoms with Crippen LogP contribution in [0.4, 0.5) is 11.4 Å². The minimum Gasteiger partial charge on any atom is -0.409 e. The summed E-state index contributed by atoms with van der Waals surface area (Å²) in [5, 5.41) is 14.4. The number of nitrogens with two attached hydrogens (primary N) is 1. The van der Waals surface area contributed by atoms with Gasteiger partial charge in [0.2, 0.25) is 5.91 Å². The SMILES string of the molecule is CCN(CC)c1ccc(NC(=O)C(C)(C)C(N)=NO)cc1. The quantitative estimate of drug-likeness (QED) is 0.324. The number of hydrogen-bond acceptors (Lipinski definition) is 4. The van der Waals surface area contributed by atoms with Crippen molar-refractivity contribution in [1.29, 1.82) is 0 Å². The third-order valence-corrected chi connectivity index (χ3v) is 3.57. The Kier molecular flexibility index (Phi) is 5.58. The van der Waals surface area contributed by atoms with E-state index in [4.69, 9.17) is 10.9 Å². The molecule has 0 radical (unpaired) electrons. The molecule has 4 N–H and O–H groups in total. The van der Waals surface area contributed by atoms with Crippen molar-refractivity contribution in [2.75, 3.05) is 23.3 Å². The van der Waals surface area contributed by atoms with Crippen LogP contribution >= 0.6 is 0 Å². The molecule has 0 aliphatic carbocycles. The van der Waals surface area contributed by atoms with Crippen molar-refractivity contribution in [2.24, 2.45) is 16.3 Å². The summed E-state index contributed by atoms with van der Waals surface area (Å²) in [6, 6.07) is 7.60. The second kappa shape index (κ2) is 6.97. The number of oxime groups is 1. The fourth-order valence-corrected chi connectivity index (χ4v) is 1.87. The minimum atomic E-state index is -1.08. The smallest absolute Gasteiger partial charge is 0.237 e. The Bertz CT molecular complexity index is 505. The van der Waals surface area contributed by atoms with E-state index in [1.807, 2.05) is 24.3 Å². The summed E-state index contributed by atoms with van der Waals surface area (Å²) in [5.41, 5.74) is 6.24. The molecular formula is C15H24N4O2. The maximum atomic E-state index is 12.2. The minimum absolute atomic E-state index is 0.125. The standard InChI is InChI=1S/C15H24N4O2/c1-5-19(6-2)12-9-7-11(8-10-12)17-14(20)15(3,4)13(16)18-21/h7-10,21H,5-6H2,1-4H3,(H2,16,18)(H,17,20). The van der Waals surface area contributed by atoms with E-state index >= 15 is 0 Å². The molecule has 1 amide bonds. The van der Waals surface area contributed by atoms with Gasteiger partial charge in [0.05, 0.1) is 0 Å². The summed E-state index contributed by atoms with van der Waals surface area (Å²) in [6.07, 6.45) is 0. The van der Waals surface area contributed by atoms with Gasteiger partial charge in [-0.2, -0.15) is 0 Å². The van der Waals surface area contributed by atoms with Crippen molar-refractivity contribution >= 4 is 23.1 Å². The highest BCUT2D eigenvalue weighted by atomic mass is 16.4. The summed E-state index contributed by atoms with van der Waals surface area (Å²) in [5.74, 6) is -0.451. The maximum absolute atomic E-state index is 12.2. The molecule has 0 fully saturated rings. The number of rotatable bonds is 6. The average molecular weight is 292 g/mol. The van der Waals surface area contributed by atoms with E-state index in [0.717, 1.165) is 18.8 Å². The highest BCUT2D eigenvalue weighted by Gasteiger charge is 2.32. The zero-order valence-corrected chi connectivity index (χ0v) is 13.1. The van der Waals surface area contributed by atoms with Gasteiger partial charge in [0, 0.05) is 24.5 Å². The highest BCUT2D eigenvalue weighted by molar-refractivity contribution is 6.11. The molecule has 1 aromatic carbocycles. The highest BCUT2D eigenvalue weighted by Crippen LogP contribution is 2.21. The van der Waals surface area contributed by atoms with Crippen LogP contribution in [0.15, 0.2) is 29.4 Å². The zero-order chi connectivity index (χ0) is 16.0. The Morgan fingerprint density at radius 2 is 1.81 bits per heavy atom. The molecule has 0 unspecified atom stereocenters. The normalized spacial score (nSPS) is 12.1. The van der Waals surface area contributed by atoms with E-state index in [1.54, 1.807) is 13.8 Å². The average Bonchev–Trinajstić information content (AvgIpc) is 2.49. The molecule has 0 aromatic heterocycles. The lowest BCUT2D eigenvalue weighted by molar-refractivity contribution is -0.121. The van der Waals surface area contributed by atoms with Crippen molar-refractivity contribution in [3.63, 3.8) is 0 Å². The Labute approximate surface area is 125 Å². The van der Waals surface area contributed by atoms with Crippen LogP contribution in [0.5, 0.6) is 0 Å². The van der Waals surface area contributed by atoms with E-state index < -0.39 is 5.41 Å². The van der Waals surface area contributed by atoms with Gasteiger partial charge in [0.1, 0.15) is 5.41 Å². The third-order valence-electron chi connectivity index (χ3n) is 3.57. The van der Waals surface area contributed by atoms with Crippen LogP contribution in [0.3, 0.4) is 0 Å². The molecule has 0 bridgehead atoms. The first-order chi connectivity index (χ1) is 9.86. The van der Waals surface area contributed by atoms with Crippen molar-refractivity contribution in [3.05, 3.63) is 24.3 Å². The molecular weight excluding hydrogens is 268 g/mol. The van der Waals surface area contributed by atoms with Crippen molar-refractivity contribution in [3.8, 4) is 0 Å². The molecule has 0 spiro atoms. The summed E-state index contributed by atoms with van der Waals surface area (Å²) < 4.78 is 0. The molecule has 0 aliphatic rings. The van der Waals surface area contributed by atoms with Crippen LogP contribution in [0.2, 0.25) is 0 Å². The van der Waals surface area contributed by atoms with E-state index in [9.17, 15) is 4.79 Å². The number of anilines is 2. The molecule has 0 atom stereocenters. The van der Waals surface area contributed by atoms with E-state index in [1.165, 1.54) is 0 Å². The summed E-state index contributed by atoms with van der Waals surface area (Å²) in [4.78, 5) is 14.4. The number of amides is 1. The Morgan fingerprint density at radius 3 is 2.24 bits per heavy atom. The van der Waals surface area contributed by atoms with Crippen LogP contribution in [0.1, 0.15) is 27.7 Å². The molecule has 21 heavy (non-hydrogen) atoms. The van der Waals surface area contributed by atoms with Gasteiger partial charge in [-0.15, -0.1) is 0 Å². The summed E-state index contributed by atoms with van der Waals surface area (Å²) in [6.45, 7) is 9.25. The van der Waals surface area contributed by atoms with Crippen molar-refractivity contribution in [1.82, 2.24) is 0 Å². The molecule has 1 rings (SSSR count). The monoisotopic (exact) mass is 292 g/mol. The number of benzene rings is 1. The van der Waals surface area contributed by atoms with E-state index in [-0.39, 0.29) is 11.7 Å². The lowest BCUT2D eigenvalue weighted by Crippen LogP contribution is -2.42. The van der Waals surface area contributed by atoms with Crippen LogP contribution in [-0.4, -0.2) is 30.0 Å². The lowest BCUT2D eigenvalue weighted by atomic mass is 9.91. The number of carbonyl (C=O) groups excluding carboxylic acids is 1. The second-order valence-corrected chi connectivity index (χ2v) is 5.28. The predicted octanol–water partition coefficient (Wildman–Crippen LogP) is 2.24. The Morgan fingerprint density at radius 1 is 1.29 bits per heavy atom. The van der Waals surface area contributed by atoms with Gasteiger partial charge < -0.3 is 21.2 Å². The van der Waals surface area contributed by atoms with Crippen molar-refractivity contribution in [2.45, 2.75) is 27.7 Å². The van der Waals surface area contributed by atoms with Gasteiger partial charge in [-0.1, -0.05) is 5.16 Å². The van der Waals surface area contributed by atoms with Gasteiger partial charge in [-0.25, -0.2) is 0 Å². The molecule has 0 heterocycles. The zero-order valence-electron chi connectivity index (χ0n) is 13.1. The Balaban J connectivity index is 2.83. The van der Waals surface area contributed by atoms with Gasteiger partial charge in [0.25, 0.3) is 0 Å². The predicted molar refractivity (Wildman–Crippen MR) is 85.8 cm³/mol. The molecule has 0 saturated carbocycles. The van der Waals surface area contributed by atoms with Gasteiger partial charge in [-0.3, -0.25) is 4.79 Å². The fourth-order valence-electron chi connectivity index (χ4n) is 1.87. The second-order valence-electron chi connectivity index (χ2n) is 5.28. The van der Waals surface area contributed by atoms with Crippen LogP contribution in [-0.2, 0) is 4.79 Å². The topological polar surface area (TPSA) is 91.0 Å². The van der Waals surface area contributed by atoms with Crippen LogP contribution < -0.4 is 16.0 Å². The number of carbonyl (C=O) groups is 1. The first kappa shape index (κ1) is 16.8. The lowest BCUT2D eigenvalue weighted by Gasteiger charge is -2.23. The first-order valence-electron chi connectivity index (χ1n) is 7.01. The molecule has 6 heteroatoms. The molecule has 0 saturated heterocycles. The largest absolute Gasteiger partial charge is 0.409 e. The summed E-state index contributed by atoms with van der Waals surface area (Å²) in [7, 11) is 0. The number of amidine groups is 1. The van der Waals surface area contributed by atoms with E-state index in [2.05, 4.69) is 29.2 Å². The van der Waals surface area contributed by atoms with Crippen LogP contribution in [0.25, 0.3) is 0 Å². The Hall–Kier alpha value is -2.24. The van der Waals surface area contributed by atoms with Crippen LogP contribution in [0, 0.1) is 5.41 Å². The van der Waals surface area contributed by atoms with E-state index in [0.29, 0.717) is 5.69 Å². The maximum Gasteiger partial charge on any atom is 0.237 e. The number of hydrogen-bond donors (Lipinski definition) is 3. The molecule has 116 valence electrons. The fraction of sp³-hybridized carbons (Fsp3) is 0.467. The molecule has 1 aromatic rings. The van der Waals surface area contributed by atoms with Crippen molar-refractivity contribution < 1.29 is 10.0 Å². The first-order valence-corrected chi connectivity index (χ1v) is 7.01.